The predicted octanol–water partition coefficient (Wildman–Crippen LogP) is 1.66. The summed E-state index contributed by atoms with van der Waals surface area (Å²) in [6.45, 7) is 0. The Hall–Kier alpha value is -4.08. The molecule has 5 N–H and O–H groups in total. The molecule has 2 aromatic rings. The van der Waals surface area contributed by atoms with Crippen LogP contribution in [0.5, 0.6) is 11.5 Å². The van der Waals surface area contributed by atoms with Crippen LogP contribution in [0.3, 0.4) is 0 Å². The van der Waals surface area contributed by atoms with Crippen LogP contribution in [0.25, 0.3) is 6.08 Å². The molecule has 0 heterocycles. The number of hydrogen-bond donors (Lipinski definition) is 5. The maximum absolute atomic E-state index is 10.7. The lowest BCUT2D eigenvalue weighted by Crippen LogP contribution is -2.41. The summed E-state index contributed by atoms with van der Waals surface area (Å²) in [5, 5.41) is 44.3. The molecule has 0 aliphatic rings. The van der Waals surface area contributed by atoms with Gasteiger partial charge in [-0.3, -0.25) is 0 Å². The van der Waals surface area contributed by atoms with Crippen LogP contribution in [-0.2, 0) is 16.0 Å². The maximum atomic E-state index is 10.7. The molecule has 0 spiro atoms. The molecule has 0 aliphatic carbocycles. The van der Waals surface area contributed by atoms with Crippen molar-refractivity contribution < 1.29 is 35.0 Å². The number of benzene rings is 2. The fraction of sp³-hybridized carbons (Fsp3) is 0.111. The van der Waals surface area contributed by atoms with E-state index >= 15 is 0 Å². The molecule has 148 valence electrons. The van der Waals surface area contributed by atoms with E-state index in [9.17, 15) is 19.7 Å². The van der Waals surface area contributed by atoms with Crippen molar-refractivity contribution in [3.63, 3.8) is 0 Å². The van der Waals surface area contributed by atoms with Gasteiger partial charge in [-0.2, -0.15) is 0 Å². The van der Waals surface area contributed by atoms with Gasteiger partial charge in [0.05, 0.1) is 0 Å². The number of nitrogens with zero attached hydrogens (tertiary/aromatic N) is 1. The fourth-order valence-electron chi connectivity index (χ4n) is 1.98. The van der Waals surface area contributed by atoms with Crippen molar-refractivity contribution in [3.05, 3.63) is 75.8 Å². The van der Waals surface area contributed by atoms with Crippen LogP contribution < -0.4 is 5.43 Å². The van der Waals surface area contributed by atoms with Crippen molar-refractivity contribution in [2.75, 3.05) is 0 Å². The van der Waals surface area contributed by atoms with Gasteiger partial charge >= 0.3 is 11.9 Å². The Bertz CT molecular complexity index is 852. The van der Waals surface area contributed by atoms with Gasteiger partial charge in [-0.05, 0) is 29.3 Å². The SMILES string of the molecule is O=C(O)C(Cc1ccccc1)N[N+](=O)[O-].O=C(O)C=Cc1ccc(O)c(O)c1. The van der Waals surface area contributed by atoms with Crippen molar-refractivity contribution in [1.29, 1.82) is 0 Å². The van der Waals surface area contributed by atoms with Crippen LogP contribution >= 0.6 is 0 Å². The zero-order chi connectivity index (χ0) is 21.1. The third-order valence-electron chi connectivity index (χ3n) is 3.26. The number of nitro groups is 1. The molecular formula is C18H18N2O8. The summed E-state index contributed by atoms with van der Waals surface area (Å²) in [5.74, 6) is -2.80. The Morgan fingerprint density at radius 2 is 1.71 bits per heavy atom. The first-order valence-corrected chi connectivity index (χ1v) is 7.79. The lowest BCUT2D eigenvalue weighted by atomic mass is 10.1. The molecule has 0 bridgehead atoms. The molecule has 2 rings (SSSR count). The Labute approximate surface area is 159 Å². The van der Waals surface area contributed by atoms with Gasteiger partial charge in [0.1, 0.15) is 0 Å². The molecule has 10 heteroatoms. The van der Waals surface area contributed by atoms with Crippen molar-refractivity contribution in [2.45, 2.75) is 12.5 Å². The molecule has 0 radical (unpaired) electrons. The van der Waals surface area contributed by atoms with Gasteiger partial charge < -0.3 is 20.4 Å². The quantitative estimate of drug-likeness (QED) is 0.204. The number of aliphatic carboxylic acids is 2. The number of carbonyl (C=O) groups is 2. The molecule has 0 amide bonds. The average molecular weight is 390 g/mol. The van der Waals surface area contributed by atoms with E-state index in [4.69, 9.17) is 20.4 Å². The molecule has 0 aliphatic heterocycles. The van der Waals surface area contributed by atoms with Gasteiger partial charge in [0.15, 0.2) is 22.6 Å². The molecule has 0 saturated carbocycles. The van der Waals surface area contributed by atoms with Gasteiger partial charge in [0.25, 0.3) is 0 Å². The zero-order valence-corrected chi connectivity index (χ0v) is 14.4. The molecular weight excluding hydrogens is 372 g/mol. The second-order valence-corrected chi connectivity index (χ2v) is 5.39. The minimum absolute atomic E-state index is 0.0805. The molecule has 1 unspecified atom stereocenters. The number of nitrogens with one attached hydrogen (secondary N) is 1. The van der Waals surface area contributed by atoms with Crippen molar-refractivity contribution >= 4 is 18.0 Å². The summed E-state index contributed by atoms with van der Waals surface area (Å²) in [5.41, 5.74) is 3.00. The third-order valence-corrected chi connectivity index (χ3v) is 3.26. The number of phenols is 2. The number of carboxylic acid groups (broad SMARTS) is 2. The number of phenolic OH excluding ortho intramolecular Hbond substituents is 2. The van der Waals surface area contributed by atoms with Gasteiger partial charge in [-0.1, -0.05) is 36.4 Å². The zero-order valence-electron chi connectivity index (χ0n) is 14.4. The Kier molecular flexibility index (Phi) is 8.48. The molecule has 0 fully saturated rings. The molecule has 1 atom stereocenters. The van der Waals surface area contributed by atoms with Crippen LogP contribution in [0.4, 0.5) is 0 Å². The Morgan fingerprint density at radius 1 is 1.07 bits per heavy atom. The smallest absolute Gasteiger partial charge is 0.332 e. The molecule has 28 heavy (non-hydrogen) atoms. The minimum atomic E-state index is -1.24. The van der Waals surface area contributed by atoms with Crippen LogP contribution in [0.2, 0.25) is 0 Å². The summed E-state index contributed by atoms with van der Waals surface area (Å²) in [6.07, 6.45) is 2.35. The molecule has 10 nitrogen and oxygen atoms in total. The first-order valence-electron chi connectivity index (χ1n) is 7.79. The van der Waals surface area contributed by atoms with Gasteiger partial charge in [0, 0.05) is 12.5 Å². The molecule has 0 saturated heterocycles. The predicted molar refractivity (Wildman–Crippen MR) is 98.1 cm³/mol. The van der Waals surface area contributed by atoms with Gasteiger partial charge in [-0.25, -0.2) is 19.7 Å². The van der Waals surface area contributed by atoms with Crippen LogP contribution in [-0.4, -0.2) is 43.4 Å². The van der Waals surface area contributed by atoms with E-state index in [1.54, 1.807) is 35.8 Å². The standard InChI is InChI=1S/C9H10N2O4.C9H8O4/c12-9(13)8(10-11(14)15)6-7-4-2-1-3-5-7;10-7-3-1-6(5-8(7)11)2-4-9(12)13/h1-5,8,10H,6H2,(H,12,13);1-5,10-11H,(H,12,13). The maximum Gasteiger partial charge on any atom is 0.332 e. The van der Waals surface area contributed by atoms with E-state index in [1.165, 1.54) is 24.3 Å². The highest BCUT2D eigenvalue weighted by molar-refractivity contribution is 5.85. The highest BCUT2D eigenvalue weighted by atomic mass is 16.7. The lowest BCUT2D eigenvalue weighted by molar-refractivity contribution is -0.548. The number of carboxylic acids is 2. The Morgan fingerprint density at radius 3 is 2.21 bits per heavy atom. The number of rotatable bonds is 7. The molecule has 2 aromatic carbocycles. The van der Waals surface area contributed by atoms with E-state index in [0.717, 1.165) is 11.6 Å². The van der Waals surface area contributed by atoms with Gasteiger partial charge in [0.2, 0.25) is 0 Å². The monoisotopic (exact) mass is 390 g/mol. The largest absolute Gasteiger partial charge is 0.504 e. The minimum Gasteiger partial charge on any atom is -0.504 e. The van der Waals surface area contributed by atoms with Crippen molar-refractivity contribution in [2.24, 2.45) is 0 Å². The van der Waals surface area contributed by atoms with Crippen LogP contribution in [0, 0.1) is 10.1 Å². The summed E-state index contributed by atoms with van der Waals surface area (Å²) >= 11 is 0. The first kappa shape index (κ1) is 22.0. The summed E-state index contributed by atoms with van der Waals surface area (Å²) in [4.78, 5) is 30.9. The van der Waals surface area contributed by atoms with Crippen molar-refractivity contribution in [3.8, 4) is 11.5 Å². The van der Waals surface area contributed by atoms with Gasteiger partial charge in [-0.15, -0.1) is 5.43 Å². The van der Waals surface area contributed by atoms with E-state index in [2.05, 4.69) is 0 Å². The fourth-order valence-corrected chi connectivity index (χ4v) is 1.98. The summed E-state index contributed by atoms with van der Waals surface area (Å²) < 4.78 is 0. The highest BCUT2D eigenvalue weighted by Gasteiger charge is 2.22. The van der Waals surface area contributed by atoms with Crippen molar-refractivity contribution in [1.82, 2.24) is 5.43 Å². The first-order chi connectivity index (χ1) is 13.2. The summed E-state index contributed by atoms with van der Waals surface area (Å²) in [6, 6.07) is 11.6. The second kappa shape index (κ2) is 10.8. The van der Waals surface area contributed by atoms with E-state index in [0.29, 0.717) is 5.56 Å². The van der Waals surface area contributed by atoms with E-state index < -0.39 is 23.0 Å². The topological polar surface area (TPSA) is 170 Å². The average Bonchev–Trinajstić information content (AvgIpc) is 2.63. The molecule has 0 aromatic heterocycles. The van der Waals surface area contributed by atoms with E-state index in [1.807, 2.05) is 0 Å². The number of hydrazine groups is 1. The van der Waals surface area contributed by atoms with E-state index in [-0.39, 0.29) is 17.9 Å². The van der Waals surface area contributed by atoms with Crippen LogP contribution in [0.1, 0.15) is 11.1 Å². The van der Waals surface area contributed by atoms with Crippen LogP contribution in [0.15, 0.2) is 54.6 Å². The summed E-state index contributed by atoms with van der Waals surface area (Å²) in [7, 11) is 0. The third kappa shape index (κ3) is 8.34. The number of aromatic hydroxyl groups is 2. The normalized spacial score (nSPS) is 11.1. The lowest BCUT2D eigenvalue weighted by Gasteiger charge is -2.08. The highest BCUT2D eigenvalue weighted by Crippen LogP contribution is 2.25. The Balaban J connectivity index is 0.000000283. The number of hydrogen-bond acceptors (Lipinski definition) is 6. The second-order valence-electron chi connectivity index (χ2n) is 5.39.